The van der Waals surface area contributed by atoms with Crippen LogP contribution in [0, 0.1) is 6.92 Å². The summed E-state index contributed by atoms with van der Waals surface area (Å²) in [4.78, 5) is 20.4. The minimum Gasteiger partial charge on any atom is -0.487 e. The van der Waals surface area contributed by atoms with E-state index in [0.717, 1.165) is 59.4 Å². The van der Waals surface area contributed by atoms with Crippen molar-refractivity contribution in [3.63, 3.8) is 0 Å². The summed E-state index contributed by atoms with van der Waals surface area (Å²) in [6, 6.07) is 11.9. The van der Waals surface area contributed by atoms with Gasteiger partial charge in [-0.15, -0.1) is 0 Å². The molecule has 1 fully saturated rings. The number of nitrogens with one attached hydrogen (secondary N) is 2. The molecule has 11 nitrogen and oxygen atoms in total. The van der Waals surface area contributed by atoms with Gasteiger partial charge in [0.2, 0.25) is 0 Å². The summed E-state index contributed by atoms with van der Waals surface area (Å²) in [5, 5.41) is 11.0. The van der Waals surface area contributed by atoms with Crippen LogP contribution in [0.25, 0.3) is 16.7 Å². The number of hydrogen-bond acceptors (Lipinski definition) is 10. The highest BCUT2D eigenvalue weighted by atomic mass is 16.5. The van der Waals surface area contributed by atoms with Gasteiger partial charge in [0.15, 0.2) is 23.0 Å². The number of benzene rings is 1. The second-order valence-corrected chi connectivity index (χ2v) is 8.90. The lowest BCUT2D eigenvalue weighted by molar-refractivity contribution is 0.245. The van der Waals surface area contributed by atoms with Crippen molar-refractivity contribution < 1.29 is 9.47 Å². The number of anilines is 3. The predicted molar refractivity (Wildman–Crippen MR) is 134 cm³/mol. The lowest BCUT2D eigenvalue weighted by Gasteiger charge is -2.40. The first-order valence-electron chi connectivity index (χ1n) is 11.8. The van der Waals surface area contributed by atoms with Crippen molar-refractivity contribution >= 4 is 34.0 Å². The van der Waals surface area contributed by atoms with Gasteiger partial charge in [-0.05, 0) is 36.8 Å². The lowest BCUT2D eigenvalue weighted by atomic mass is 10.1. The van der Waals surface area contributed by atoms with E-state index in [4.69, 9.17) is 14.5 Å². The van der Waals surface area contributed by atoms with Crippen molar-refractivity contribution in [2.45, 2.75) is 13.0 Å². The van der Waals surface area contributed by atoms with Crippen molar-refractivity contribution in [1.82, 2.24) is 34.9 Å². The molecule has 5 aromatic rings. The Labute approximate surface area is 206 Å². The monoisotopic (exact) mass is 481 g/mol. The maximum absolute atomic E-state index is 6.10. The SMILES string of the molecule is Cc1cc(Nc2ncnc3cc4c(nc23)N2CCNCC2CO4)ccc1Oc1ccn2ncnc2c1. The van der Waals surface area contributed by atoms with E-state index in [-0.39, 0.29) is 6.04 Å². The molecule has 1 unspecified atom stereocenters. The molecule has 1 saturated heterocycles. The van der Waals surface area contributed by atoms with Crippen LogP contribution in [-0.2, 0) is 0 Å². The molecule has 6 heterocycles. The van der Waals surface area contributed by atoms with E-state index in [1.54, 1.807) is 10.8 Å². The zero-order valence-corrected chi connectivity index (χ0v) is 19.5. The molecule has 0 amide bonds. The molecule has 1 aromatic carbocycles. The van der Waals surface area contributed by atoms with E-state index >= 15 is 0 Å². The number of piperazine rings is 1. The Bertz CT molecular complexity index is 1600. The van der Waals surface area contributed by atoms with Crippen LogP contribution in [0.1, 0.15) is 5.56 Å². The second kappa shape index (κ2) is 8.31. The number of aromatic nitrogens is 6. The smallest absolute Gasteiger partial charge is 0.172 e. The van der Waals surface area contributed by atoms with E-state index < -0.39 is 0 Å². The van der Waals surface area contributed by atoms with Gasteiger partial charge in [-0.25, -0.2) is 24.5 Å². The Morgan fingerprint density at radius 2 is 2.08 bits per heavy atom. The maximum Gasteiger partial charge on any atom is 0.172 e. The van der Waals surface area contributed by atoms with Gasteiger partial charge in [-0.3, -0.25) is 0 Å². The van der Waals surface area contributed by atoms with Crippen molar-refractivity contribution in [2.24, 2.45) is 0 Å². The average molecular weight is 482 g/mol. The van der Waals surface area contributed by atoms with Crippen LogP contribution in [0.4, 0.5) is 17.3 Å². The standard InChI is InChI=1S/C25H23N9O2/c1-15-8-16(2-3-20(15)36-18-4-6-34-22(9-18)28-14-30-34)31-24-23-19(27-13-29-24)10-21-25(32-23)33-7-5-26-11-17(33)12-35-21/h2-4,6,8-10,13-14,17,26H,5,7,11-12H2,1H3,(H,27,29,31). The zero-order chi connectivity index (χ0) is 24.1. The summed E-state index contributed by atoms with van der Waals surface area (Å²) < 4.78 is 13.8. The second-order valence-electron chi connectivity index (χ2n) is 8.90. The van der Waals surface area contributed by atoms with E-state index in [1.807, 2.05) is 49.5 Å². The molecule has 2 N–H and O–H groups in total. The first-order chi connectivity index (χ1) is 17.7. The van der Waals surface area contributed by atoms with Gasteiger partial charge < -0.3 is 25.0 Å². The molecule has 1 atom stereocenters. The van der Waals surface area contributed by atoms with Gasteiger partial charge in [0.25, 0.3) is 0 Å². The number of nitrogens with zero attached hydrogens (tertiary/aromatic N) is 7. The topological polar surface area (TPSA) is 115 Å². The van der Waals surface area contributed by atoms with E-state index in [2.05, 4.69) is 35.6 Å². The highest BCUT2D eigenvalue weighted by Gasteiger charge is 2.31. The fourth-order valence-electron chi connectivity index (χ4n) is 4.70. The fraction of sp³-hybridized carbons (Fsp3) is 0.240. The number of fused-ring (bicyclic) bond motifs is 5. The van der Waals surface area contributed by atoms with Crippen molar-refractivity contribution in [3.05, 3.63) is 60.8 Å². The van der Waals surface area contributed by atoms with Crippen molar-refractivity contribution in [1.29, 1.82) is 0 Å². The van der Waals surface area contributed by atoms with Crippen LogP contribution < -0.4 is 25.0 Å². The molecule has 36 heavy (non-hydrogen) atoms. The molecule has 7 rings (SSSR count). The Morgan fingerprint density at radius 3 is 3.03 bits per heavy atom. The van der Waals surface area contributed by atoms with E-state index in [1.165, 1.54) is 6.33 Å². The molecule has 0 bridgehead atoms. The minimum atomic E-state index is 0.276. The normalized spacial score (nSPS) is 16.9. The molecule has 0 radical (unpaired) electrons. The van der Waals surface area contributed by atoms with Gasteiger partial charge in [-0.1, -0.05) is 0 Å². The Morgan fingerprint density at radius 1 is 1.11 bits per heavy atom. The number of pyridine rings is 2. The first-order valence-corrected chi connectivity index (χ1v) is 11.8. The summed E-state index contributed by atoms with van der Waals surface area (Å²) in [6.07, 6.45) is 4.88. The number of rotatable bonds is 4. The molecule has 0 saturated carbocycles. The van der Waals surface area contributed by atoms with Crippen LogP contribution in [0.15, 0.2) is 55.2 Å². The molecule has 11 heteroatoms. The van der Waals surface area contributed by atoms with Crippen LogP contribution in [0.5, 0.6) is 17.2 Å². The first kappa shape index (κ1) is 20.8. The molecule has 4 aromatic heterocycles. The third-order valence-corrected chi connectivity index (χ3v) is 6.53. The summed E-state index contributed by atoms with van der Waals surface area (Å²) in [5.74, 6) is 3.72. The fourth-order valence-corrected chi connectivity index (χ4v) is 4.70. The van der Waals surface area contributed by atoms with Crippen LogP contribution >= 0.6 is 0 Å². The van der Waals surface area contributed by atoms with Gasteiger partial charge in [-0.2, -0.15) is 5.10 Å². The number of ether oxygens (including phenoxy) is 2. The largest absolute Gasteiger partial charge is 0.487 e. The third kappa shape index (κ3) is 3.60. The number of aryl methyl sites for hydroxylation is 1. The average Bonchev–Trinajstić information content (AvgIpc) is 3.37. The summed E-state index contributed by atoms with van der Waals surface area (Å²) in [6.45, 7) is 5.35. The minimum absolute atomic E-state index is 0.276. The molecule has 2 aliphatic heterocycles. The van der Waals surface area contributed by atoms with E-state index in [9.17, 15) is 0 Å². The highest BCUT2D eigenvalue weighted by molar-refractivity contribution is 5.90. The Kier molecular flexibility index (Phi) is 4.81. The molecule has 0 spiro atoms. The third-order valence-electron chi connectivity index (χ3n) is 6.53. The highest BCUT2D eigenvalue weighted by Crippen LogP contribution is 2.37. The van der Waals surface area contributed by atoms with Crippen LogP contribution in [-0.4, -0.2) is 61.8 Å². The van der Waals surface area contributed by atoms with Crippen LogP contribution in [0.2, 0.25) is 0 Å². The molecule has 2 aliphatic rings. The Hall–Kier alpha value is -4.51. The predicted octanol–water partition coefficient (Wildman–Crippen LogP) is 3.08. The zero-order valence-electron chi connectivity index (χ0n) is 19.5. The lowest BCUT2D eigenvalue weighted by Crippen LogP contribution is -2.56. The Balaban J connectivity index is 1.18. The molecular weight excluding hydrogens is 458 g/mol. The van der Waals surface area contributed by atoms with Crippen molar-refractivity contribution in [2.75, 3.05) is 36.5 Å². The summed E-state index contributed by atoms with van der Waals surface area (Å²) in [7, 11) is 0. The summed E-state index contributed by atoms with van der Waals surface area (Å²) >= 11 is 0. The summed E-state index contributed by atoms with van der Waals surface area (Å²) in [5.41, 5.74) is 4.02. The quantitative estimate of drug-likeness (QED) is 0.397. The van der Waals surface area contributed by atoms with Gasteiger partial charge in [0.05, 0.1) is 11.6 Å². The van der Waals surface area contributed by atoms with Crippen LogP contribution in [0.3, 0.4) is 0 Å². The molecular formula is C25H23N9O2. The van der Waals surface area contributed by atoms with Gasteiger partial charge in [0.1, 0.15) is 36.3 Å². The van der Waals surface area contributed by atoms with Crippen molar-refractivity contribution in [3.8, 4) is 17.2 Å². The maximum atomic E-state index is 6.10. The molecule has 180 valence electrons. The van der Waals surface area contributed by atoms with Gasteiger partial charge >= 0.3 is 0 Å². The van der Waals surface area contributed by atoms with E-state index in [0.29, 0.717) is 23.7 Å². The van der Waals surface area contributed by atoms with Gasteiger partial charge in [0, 0.05) is 43.7 Å². The molecule has 0 aliphatic carbocycles. The number of hydrogen-bond donors (Lipinski definition) is 2.